The molecule has 0 atom stereocenters. The Bertz CT molecular complexity index is 340. The Morgan fingerprint density at radius 1 is 0.875 bits per heavy atom. The minimum Gasteiger partial charge on any atom is -0.449 e. The summed E-state index contributed by atoms with van der Waals surface area (Å²) < 4.78 is 38.7. The first-order valence-corrected chi connectivity index (χ1v) is 9.79. The number of ether oxygens (including phenoxy) is 3. The fraction of sp³-hybridized carbons (Fsp3) is 0.800. The fourth-order valence-corrected chi connectivity index (χ4v) is 3.64. The Hall–Kier alpha value is -0.813. The lowest BCUT2D eigenvalue weighted by molar-refractivity contribution is -0.388. The first-order valence-electron chi connectivity index (χ1n) is 8.16. The van der Waals surface area contributed by atoms with Crippen molar-refractivity contribution < 1.29 is 36.7 Å². The molecule has 0 unspecified atom stereocenters. The van der Waals surface area contributed by atoms with Gasteiger partial charge in [0.1, 0.15) is 6.61 Å². The van der Waals surface area contributed by atoms with Gasteiger partial charge in [-0.1, -0.05) is 6.58 Å². The molecule has 0 aliphatic heterocycles. The van der Waals surface area contributed by atoms with E-state index >= 15 is 0 Å². The Morgan fingerprint density at radius 3 is 1.67 bits per heavy atom. The van der Waals surface area contributed by atoms with Gasteiger partial charge in [-0.15, -0.1) is 0 Å². The maximum absolute atomic E-state index is 11.6. The van der Waals surface area contributed by atoms with Gasteiger partial charge < -0.3 is 31.9 Å². The average Bonchev–Trinajstić information content (AvgIpc) is 2.54. The van der Waals surface area contributed by atoms with Gasteiger partial charge in [-0.3, -0.25) is 0 Å². The van der Waals surface area contributed by atoms with Crippen LogP contribution in [0.1, 0.15) is 34.6 Å². The van der Waals surface area contributed by atoms with Crippen LogP contribution < -0.4 is 0 Å². The lowest BCUT2D eigenvalue weighted by atomic mass is 10.5. The average molecular weight is 366 g/mol. The SMILES string of the molecule is C=CC(=O)O[Si](OCC)(OCC)OCC(OCC)(OCC)OCC. The molecule has 0 aromatic rings. The van der Waals surface area contributed by atoms with E-state index in [1.807, 2.05) is 0 Å². The van der Waals surface area contributed by atoms with Crippen LogP contribution in [0, 0.1) is 0 Å². The van der Waals surface area contributed by atoms with E-state index in [0.29, 0.717) is 19.8 Å². The van der Waals surface area contributed by atoms with Crippen LogP contribution in [0.5, 0.6) is 0 Å². The van der Waals surface area contributed by atoms with Gasteiger partial charge in [0.15, 0.2) is 0 Å². The van der Waals surface area contributed by atoms with Crippen LogP contribution >= 0.6 is 0 Å². The number of carbonyl (C=O) groups excluding carboxylic acids is 1. The summed E-state index contributed by atoms with van der Waals surface area (Å²) in [7, 11) is -3.74. The molecule has 8 nitrogen and oxygen atoms in total. The molecule has 9 heteroatoms. The molecule has 0 aliphatic rings. The van der Waals surface area contributed by atoms with Gasteiger partial charge in [-0.2, -0.15) is 0 Å². The number of hydrogen-bond donors (Lipinski definition) is 0. The van der Waals surface area contributed by atoms with Crippen LogP contribution in [0.2, 0.25) is 0 Å². The van der Waals surface area contributed by atoms with Gasteiger partial charge in [-0.05, 0) is 34.6 Å². The normalized spacial score (nSPS) is 12.2. The first-order chi connectivity index (χ1) is 11.5. The topological polar surface area (TPSA) is 81.7 Å². The van der Waals surface area contributed by atoms with E-state index in [-0.39, 0.29) is 19.8 Å². The molecule has 24 heavy (non-hydrogen) atoms. The molecule has 0 saturated heterocycles. The third-order valence-corrected chi connectivity index (χ3v) is 4.79. The second kappa shape index (κ2) is 12.5. The van der Waals surface area contributed by atoms with Crippen LogP contribution in [-0.4, -0.2) is 60.6 Å². The first kappa shape index (κ1) is 23.2. The number of carbonyl (C=O) groups is 1. The number of hydrogen-bond acceptors (Lipinski definition) is 8. The van der Waals surface area contributed by atoms with E-state index in [1.165, 1.54) is 0 Å². The van der Waals surface area contributed by atoms with Crippen LogP contribution in [0.4, 0.5) is 0 Å². The second-order valence-electron chi connectivity index (χ2n) is 4.26. The van der Waals surface area contributed by atoms with Gasteiger partial charge >= 0.3 is 21.0 Å². The number of rotatable bonds is 15. The smallest absolute Gasteiger partial charge is 0.449 e. The molecule has 0 aromatic carbocycles. The summed E-state index contributed by atoms with van der Waals surface area (Å²) in [6.07, 6.45) is 1.02. The molecule has 142 valence electrons. The highest BCUT2D eigenvalue weighted by Crippen LogP contribution is 2.21. The fourth-order valence-electron chi connectivity index (χ4n) is 1.82. The summed E-state index contributed by atoms with van der Waals surface area (Å²) in [6.45, 7) is 13.6. The molecule has 0 saturated carbocycles. The van der Waals surface area contributed by atoms with E-state index in [9.17, 15) is 4.79 Å². The highest BCUT2D eigenvalue weighted by molar-refractivity contribution is 6.55. The van der Waals surface area contributed by atoms with E-state index in [2.05, 4.69) is 6.58 Å². The third-order valence-electron chi connectivity index (χ3n) is 2.55. The van der Waals surface area contributed by atoms with Gasteiger partial charge in [0.25, 0.3) is 0 Å². The summed E-state index contributed by atoms with van der Waals surface area (Å²) >= 11 is 0. The molecule has 0 amide bonds. The van der Waals surface area contributed by atoms with E-state index in [0.717, 1.165) is 6.08 Å². The zero-order valence-corrected chi connectivity index (χ0v) is 16.3. The largest absolute Gasteiger partial charge is 0.752 e. The van der Waals surface area contributed by atoms with Crippen molar-refractivity contribution in [3.05, 3.63) is 12.7 Å². The molecule has 0 spiro atoms. The Balaban J connectivity index is 5.32. The molecule has 0 aliphatic carbocycles. The second-order valence-corrected chi connectivity index (χ2v) is 6.33. The lowest BCUT2D eigenvalue weighted by Gasteiger charge is -2.34. The highest BCUT2D eigenvalue weighted by atomic mass is 28.4. The Morgan fingerprint density at radius 2 is 1.33 bits per heavy atom. The van der Waals surface area contributed by atoms with Crippen molar-refractivity contribution in [1.29, 1.82) is 0 Å². The Labute approximate surface area is 145 Å². The van der Waals surface area contributed by atoms with Gasteiger partial charge in [0.2, 0.25) is 0 Å². The molecule has 0 N–H and O–H groups in total. The van der Waals surface area contributed by atoms with Crippen LogP contribution in [0.3, 0.4) is 0 Å². The molecule has 0 fully saturated rings. The standard InChI is InChI=1S/C15H30O8Si/c1-7-14(16)23-24(20-11-5,21-12-6)22-13-15(17-8-2,18-9-3)19-10-4/h7H,1,8-13H2,2-6H3. The van der Waals surface area contributed by atoms with Crippen molar-refractivity contribution >= 4 is 15.0 Å². The Kier molecular flexibility index (Phi) is 12.1. The van der Waals surface area contributed by atoms with Crippen molar-refractivity contribution in [2.45, 2.75) is 40.6 Å². The van der Waals surface area contributed by atoms with Gasteiger partial charge in [-0.25, -0.2) is 4.79 Å². The minimum absolute atomic E-state index is 0.181. The molecule has 0 bridgehead atoms. The lowest BCUT2D eigenvalue weighted by Crippen LogP contribution is -2.55. The van der Waals surface area contributed by atoms with E-state index < -0.39 is 21.0 Å². The molecular formula is C15H30O8Si. The molecule has 0 radical (unpaired) electrons. The van der Waals surface area contributed by atoms with Crippen molar-refractivity contribution in [1.82, 2.24) is 0 Å². The highest BCUT2D eigenvalue weighted by Gasteiger charge is 2.52. The van der Waals surface area contributed by atoms with E-state index in [4.69, 9.17) is 31.9 Å². The maximum Gasteiger partial charge on any atom is 0.752 e. The van der Waals surface area contributed by atoms with Crippen molar-refractivity contribution in [3.8, 4) is 0 Å². The molecule has 0 heterocycles. The molecule has 0 rings (SSSR count). The maximum atomic E-state index is 11.6. The van der Waals surface area contributed by atoms with Gasteiger partial charge in [0.05, 0.1) is 0 Å². The minimum atomic E-state index is -3.74. The zero-order valence-electron chi connectivity index (χ0n) is 15.3. The quantitative estimate of drug-likeness (QED) is 0.247. The predicted molar refractivity (Wildman–Crippen MR) is 88.9 cm³/mol. The van der Waals surface area contributed by atoms with Crippen molar-refractivity contribution in [2.24, 2.45) is 0 Å². The summed E-state index contributed by atoms with van der Waals surface area (Å²) in [4.78, 5) is 11.6. The summed E-state index contributed by atoms with van der Waals surface area (Å²) in [6, 6.07) is 0. The predicted octanol–water partition coefficient (Wildman–Crippen LogP) is 2.00. The summed E-state index contributed by atoms with van der Waals surface area (Å²) in [5, 5.41) is 0. The van der Waals surface area contributed by atoms with Crippen LogP contribution in [0.15, 0.2) is 12.7 Å². The van der Waals surface area contributed by atoms with Crippen molar-refractivity contribution in [3.63, 3.8) is 0 Å². The van der Waals surface area contributed by atoms with Crippen molar-refractivity contribution in [2.75, 3.05) is 39.6 Å². The van der Waals surface area contributed by atoms with Crippen LogP contribution in [-0.2, 0) is 36.7 Å². The molecule has 0 aromatic heterocycles. The summed E-state index contributed by atoms with van der Waals surface area (Å²) in [5.41, 5.74) is 0. The van der Waals surface area contributed by atoms with E-state index in [1.54, 1.807) is 34.6 Å². The van der Waals surface area contributed by atoms with Crippen LogP contribution in [0.25, 0.3) is 0 Å². The zero-order chi connectivity index (χ0) is 18.5. The monoisotopic (exact) mass is 366 g/mol. The third kappa shape index (κ3) is 7.84. The van der Waals surface area contributed by atoms with Gasteiger partial charge in [0, 0.05) is 39.1 Å². The molecular weight excluding hydrogens is 336 g/mol. The summed E-state index contributed by atoms with van der Waals surface area (Å²) in [5.74, 6) is -2.12.